The fourth-order valence-electron chi connectivity index (χ4n) is 4.50. The molecule has 0 bridgehead atoms. The summed E-state index contributed by atoms with van der Waals surface area (Å²) in [6, 6.07) is 5.77. The van der Waals surface area contributed by atoms with E-state index in [0.717, 1.165) is 24.9 Å². The number of piperidine rings is 1. The number of carbonyl (C=O) groups is 2. The van der Waals surface area contributed by atoms with Gasteiger partial charge in [0.1, 0.15) is 0 Å². The average molecular weight is 416 g/mol. The summed E-state index contributed by atoms with van der Waals surface area (Å²) in [6.07, 6.45) is 9.99. The van der Waals surface area contributed by atoms with Gasteiger partial charge in [0, 0.05) is 18.7 Å². The third-order valence-corrected chi connectivity index (χ3v) is 5.86. The second kappa shape index (κ2) is 10.5. The Morgan fingerprint density at radius 2 is 1.90 bits per heavy atom. The highest BCUT2D eigenvalue weighted by Crippen LogP contribution is 2.35. The summed E-state index contributed by atoms with van der Waals surface area (Å²) in [5, 5.41) is 0. The largest absolute Gasteiger partial charge is 0.493 e. The molecule has 1 aliphatic heterocycles. The molecule has 0 spiro atoms. The van der Waals surface area contributed by atoms with Gasteiger partial charge in [0.15, 0.2) is 18.1 Å². The second-order valence-corrected chi connectivity index (χ2v) is 8.36. The van der Waals surface area contributed by atoms with Crippen LogP contribution >= 0.6 is 0 Å². The molecule has 1 saturated carbocycles. The molecule has 0 aromatic heterocycles. The van der Waals surface area contributed by atoms with E-state index in [9.17, 15) is 9.59 Å². The van der Waals surface area contributed by atoms with Crippen molar-refractivity contribution < 1.29 is 23.8 Å². The zero-order chi connectivity index (χ0) is 21.5. The maximum Gasteiger partial charge on any atom is 0.331 e. The molecule has 0 radical (unpaired) electrons. The van der Waals surface area contributed by atoms with Crippen LogP contribution in [0, 0.1) is 5.92 Å². The molecule has 1 amide bonds. The Hall–Kier alpha value is -2.50. The van der Waals surface area contributed by atoms with Gasteiger partial charge in [-0.05, 0) is 69.2 Å². The van der Waals surface area contributed by atoms with Gasteiger partial charge >= 0.3 is 5.97 Å². The number of fused-ring (bicyclic) bond motifs is 1. The average Bonchev–Trinajstić information content (AvgIpc) is 2.75. The van der Waals surface area contributed by atoms with Crippen molar-refractivity contribution in [2.45, 2.75) is 64.5 Å². The predicted molar refractivity (Wildman–Crippen MR) is 115 cm³/mol. The van der Waals surface area contributed by atoms with E-state index in [4.69, 9.17) is 14.2 Å². The molecule has 0 unspecified atom stereocenters. The fourth-order valence-corrected chi connectivity index (χ4v) is 4.50. The van der Waals surface area contributed by atoms with Crippen molar-refractivity contribution in [3.8, 4) is 11.5 Å². The van der Waals surface area contributed by atoms with Crippen LogP contribution in [-0.2, 0) is 14.3 Å². The Bertz CT molecular complexity index is 771. The van der Waals surface area contributed by atoms with Crippen molar-refractivity contribution in [3.05, 3.63) is 29.8 Å². The van der Waals surface area contributed by atoms with E-state index in [1.165, 1.54) is 31.8 Å². The van der Waals surface area contributed by atoms with Crippen LogP contribution in [0.15, 0.2) is 24.3 Å². The number of hydrogen-bond acceptors (Lipinski definition) is 5. The molecular weight excluding hydrogens is 382 g/mol. The van der Waals surface area contributed by atoms with Gasteiger partial charge in [0.25, 0.3) is 5.91 Å². The van der Waals surface area contributed by atoms with Gasteiger partial charge in [-0.15, -0.1) is 0 Å². The van der Waals surface area contributed by atoms with Crippen LogP contribution in [0.3, 0.4) is 0 Å². The second-order valence-electron chi connectivity index (χ2n) is 8.36. The predicted octanol–water partition coefficient (Wildman–Crippen LogP) is 4.22. The normalized spacial score (nSPS) is 21.4. The molecule has 1 saturated heterocycles. The molecule has 6 nitrogen and oxygen atoms in total. The minimum atomic E-state index is -0.526. The summed E-state index contributed by atoms with van der Waals surface area (Å²) < 4.78 is 16.3. The minimum Gasteiger partial charge on any atom is -0.493 e. The first kappa shape index (κ1) is 22.2. The maximum absolute atomic E-state index is 12.6. The number of carbonyl (C=O) groups excluding carboxylic acids is 2. The summed E-state index contributed by atoms with van der Waals surface area (Å²) in [5.74, 6) is 1.26. The van der Waals surface area contributed by atoms with E-state index in [1.54, 1.807) is 19.3 Å². The van der Waals surface area contributed by atoms with Gasteiger partial charge in [-0.25, -0.2) is 4.79 Å². The molecular formula is C24H33NO5. The molecule has 30 heavy (non-hydrogen) atoms. The number of rotatable bonds is 7. The molecule has 6 heteroatoms. The van der Waals surface area contributed by atoms with E-state index in [-0.39, 0.29) is 18.6 Å². The van der Waals surface area contributed by atoms with Crippen molar-refractivity contribution in [2.75, 3.05) is 20.3 Å². The Labute approximate surface area is 179 Å². The van der Waals surface area contributed by atoms with Crippen molar-refractivity contribution in [1.82, 2.24) is 4.90 Å². The van der Waals surface area contributed by atoms with Crippen LogP contribution in [0.2, 0.25) is 0 Å². The first-order valence-electron chi connectivity index (χ1n) is 11.0. The summed E-state index contributed by atoms with van der Waals surface area (Å²) in [5.41, 5.74) is 0.785. The lowest BCUT2D eigenvalue weighted by molar-refractivity contribution is -0.151. The molecule has 2 fully saturated rings. The Morgan fingerprint density at radius 1 is 1.13 bits per heavy atom. The summed E-state index contributed by atoms with van der Waals surface area (Å²) in [4.78, 5) is 26.7. The van der Waals surface area contributed by atoms with Gasteiger partial charge in [0.2, 0.25) is 0 Å². The molecule has 3 rings (SSSR count). The van der Waals surface area contributed by atoms with Gasteiger partial charge in [-0.1, -0.05) is 18.9 Å². The lowest BCUT2D eigenvalue weighted by atomic mass is 9.78. The summed E-state index contributed by atoms with van der Waals surface area (Å²) >= 11 is 0. The minimum absolute atomic E-state index is 0.0385. The monoisotopic (exact) mass is 415 g/mol. The summed E-state index contributed by atoms with van der Waals surface area (Å²) in [6.45, 7) is 4.47. The molecule has 2 atom stereocenters. The molecule has 1 aliphatic carbocycles. The van der Waals surface area contributed by atoms with Gasteiger partial charge in [0.05, 0.1) is 13.2 Å². The SMILES string of the molecule is COc1cc(/C=C/C(=O)OCC(=O)N2CCC[C@@H]3CCCC[C@H]32)ccc1OC(C)C. The molecule has 0 N–H and O–H groups in total. The highest BCUT2D eigenvalue weighted by molar-refractivity contribution is 5.89. The molecule has 2 aliphatic rings. The highest BCUT2D eigenvalue weighted by Gasteiger charge is 2.35. The van der Waals surface area contributed by atoms with Crippen LogP contribution in [0.25, 0.3) is 6.08 Å². The van der Waals surface area contributed by atoms with E-state index < -0.39 is 5.97 Å². The first-order valence-corrected chi connectivity index (χ1v) is 11.0. The van der Waals surface area contributed by atoms with Crippen LogP contribution in [0.1, 0.15) is 57.9 Å². The number of likely N-dealkylation sites (tertiary alicyclic amines) is 1. The molecule has 1 heterocycles. The van der Waals surface area contributed by atoms with Gasteiger partial charge in [-0.3, -0.25) is 4.79 Å². The zero-order valence-corrected chi connectivity index (χ0v) is 18.3. The molecule has 164 valence electrons. The third kappa shape index (κ3) is 5.77. The standard InChI is InChI=1S/C24H33NO5/c1-17(2)30-21-12-10-18(15-22(21)28-3)11-13-24(27)29-16-23(26)25-14-6-8-19-7-4-5-9-20(19)25/h10-13,15,17,19-20H,4-9,14,16H2,1-3H3/b13-11+/t19-,20+/m0/s1. The highest BCUT2D eigenvalue weighted by atomic mass is 16.5. The van der Waals surface area contributed by atoms with Crippen molar-refractivity contribution in [1.29, 1.82) is 0 Å². The van der Waals surface area contributed by atoms with Gasteiger partial charge < -0.3 is 19.1 Å². The van der Waals surface area contributed by atoms with Gasteiger partial charge in [-0.2, -0.15) is 0 Å². The van der Waals surface area contributed by atoms with Crippen LogP contribution in [0.5, 0.6) is 11.5 Å². The van der Waals surface area contributed by atoms with E-state index >= 15 is 0 Å². The Balaban J connectivity index is 1.52. The van der Waals surface area contributed by atoms with E-state index in [1.807, 2.05) is 30.9 Å². The third-order valence-electron chi connectivity index (χ3n) is 5.86. The zero-order valence-electron chi connectivity index (χ0n) is 18.3. The Morgan fingerprint density at radius 3 is 2.67 bits per heavy atom. The van der Waals surface area contributed by atoms with Crippen molar-refractivity contribution in [2.24, 2.45) is 5.92 Å². The Kier molecular flexibility index (Phi) is 7.77. The van der Waals surface area contributed by atoms with E-state index in [2.05, 4.69) is 0 Å². The number of ether oxygens (including phenoxy) is 3. The van der Waals surface area contributed by atoms with E-state index in [0.29, 0.717) is 23.5 Å². The smallest absolute Gasteiger partial charge is 0.331 e. The van der Waals surface area contributed by atoms with Crippen molar-refractivity contribution in [3.63, 3.8) is 0 Å². The maximum atomic E-state index is 12.6. The quantitative estimate of drug-likeness (QED) is 0.493. The first-order chi connectivity index (χ1) is 14.5. The fraction of sp³-hybridized carbons (Fsp3) is 0.583. The lowest BCUT2D eigenvalue weighted by Crippen LogP contribution is -2.50. The number of esters is 1. The topological polar surface area (TPSA) is 65.1 Å². The van der Waals surface area contributed by atoms with Crippen molar-refractivity contribution >= 4 is 18.0 Å². The molecule has 1 aromatic carbocycles. The number of nitrogens with zero attached hydrogens (tertiary/aromatic N) is 1. The van der Waals surface area contributed by atoms with Crippen LogP contribution in [-0.4, -0.2) is 49.2 Å². The molecule has 1 aromatic rings. The lowest BCUT2D eigenvalue weighted by Gasteiger charge is -2.44. The number of benzene rings is 1. The van der Waals surface area contributed by atoms with Crippen LogP contribution in [0.4, 0.5) is 0 Å². The number of hydrogen-bond donors (Lipinski definition) is 0. The van der Waals surface area contributed by atoms with Crippen LogP contribution < -0.4 is 9.47 Å². The number of amides is 1. The summed E-state index contributed by atoms with van der Waals surface area (Å²) in [7, 11) is 1.58. The number of methoxy groups -OCH3 is 1.